The Morgan fingerprint density at radius 1 is 1.35 bits per heavy atom. The molecule has 0 aromatic heterocycles. The number of ether oxygens (including phenoxy) is 2. The van der Waals surface area contributed by atoms with Crippen molar-refractivity contribution in [1.82, 2.24) is 4.90 Å². The summed E-state index contributed by atoms with van der Waals surface area (Å²) in [6.45, 7) is 1.32. The van der Waals surface area contributed by atoms with Gasteiger partial charge in [-0.2, -0.15) is 0 Å². The van der Waals surface area contributed by atoms with E-state index < -0.39 is 0 Å². The highest BCUT2D eigenvalue weighted by atomic mass is 16.6. The van der Waals surface area contributed by atoms with Crippen molar-refractivity contribution in [2.24, 2.45) is 5.92 Å². The molecule has 1 amide bonds. The van der Waals surface area contributed by atoms with Gasteiger partial charge in [0.1, 0.15) is 0 Å². The quantitative estimate of drug-likeness (QED) is 0.688. The lowest BCUT2D eigenvalue weighted by Crippen LogP contribution is -2.46. The minimum Gasteiger partial charge on any atom is -0.469 e. The first-order chi connectivity index (χ1) is 8.22. The smallest absolute Gasteiger partial charge is 0.410 e. The molecule has 1 saturated carbocycles. The van der Waals surface area contributed by atoms with Crippen molar-refractivity contribution in [3.05, 3.63) is 0 Å². The molecule has 1 aliphatic heterocycles. The van der Waals surface area contributed by atoms with Crippen molar-refractivity contribution in [2.75, 3.05) is 20.3 Å². The Kier molecular flexibility index (Phi) is 3.86. The van der Waals surface area contributed by atoms with Gasteiger partial charge in [0.2, 0.25) is 0 Å². The third kappa shape index (κ3) is 2.70. The fourth-order valence-corrected chi connectivity index (χ4v) is 2.69. The van der Waals surface area contributed by atoms with Gasteiger partial charge in [0, 0.05) is 12.6 Å². The molecule has 0 N–H and O–H groups in total. The van der Waals surface area contributed by atoms with Crippen LogP contribution in [0.1, 0.15) is 32.1 Å². The number of amides is 1. The van der Waals surface area contributed by atoms with Gasteiger partial charge in [0.05, 0.1) is 19.6 Å². The summed E-state index contributed by atoms with van der Waals surface area (Å²) in [5.41, 5.74) is 0. The van der Waals surface area contributed by atoms with Crippen molar-refractivity contribution in [3.63, 3.8) is 0 Å². The zero-order chi connectivity index (χ0) is 12.3. The van der Waals surface area contributed by atoms with Gasteiger partial charge in [-0.15, -0.1) is 0 Å². The summed E-state index contributed by atoms with van der Waals surface area (Å²) >= 11 is 0. The summed E-state index contributed by atoms with van der Waals surface area (Å²) in [6.07, 6.45) is 4.06. The fraction of sp³-hybridized carbons (Fsp3) is 0.833. The number of carbonyl (C=O) groups excluding carboxylic acids is 2. The minimum absolute atomic E-state index is 0.0112. The highest BCUT2D eigenvalue weighted by Crippen LogP contribution is 2.29. The van der Waals surface area contributed by atoms with Crippen LogP contribution in [0.2, 0.25) is 0 Å². The summed E-state index contributed by atoms with van der Waals surface area (Å²) in [6, 6.07) is 0.240. The second-order valence-corrected chi connectivity index (χ2v) is 4.69. The number of hydrogen-bond donors (Lipinski definition) is 0. The topological polar surface area (TPSA) is 55.8 Å². The van der Waals surface area contributed by atoms with Gasteiger partial charge in [0.15, 0.2) is 0 Å². The zero-order valence-electron chi connectivity index (χ0n) is 10.2. The lowest BCUT2D eigenvalue weighted by atomic mass is 9.85. The molecule has 0 unspecified atom stereocenters. The second kappa shape index (κ2) is 5.38. The van der Waals surface area contributed by atoms with E-state index in [1.54, 1.807) is 0 Å². The first-order valence-electron chi connectivity index (χ1n) is 6.23. The highest BCUT2D eigenvalue weighted by molar-refractivity contribution is 5.72. The molecule has 0 atom stereocenters. The summed E-state index contributed by atoms with van der Waals surface area (Å²) in [5, 5.41) is 0. The van der Waals surface area contributed by atoms with Crippen molar-refractivity contribution in [3.8, 4) is 0 Å². The van der Waals surface area contributed by atoms with Gasteiger partial charge in [-0.25, -0.2) is 4.79 Å². The lowest BCUT2D eigenvalue weighted by Gasteiger charge is -2.37. The molecular weight excluding hydrogens is 222 g/mol. The summed E-state index contributed by atoms with van der Waals surface area (Å²) < 4.78 is 9.78. The van der Waals surface area contributed by atoms with Crippen LogP contribution < -0.4 is 0 Å². The molecule has 17 heavy (non-hydrogen) atoms. The molecule has 0 spiro atoms. The van der Waals surface area contributed by atoms with Crippen molar-refractivity contribution >= 4 is 12.1 Å². The van der Waals surface area contributed by atoms with E-state index in [2.05, 4.69) is 0 Å². The van der Waals surface area contributed by atoms with E-state index in [-0.39, 0.29) is 24.0 Å². The van der Waals surface area contributed by atoms with Crippen LogP contribution in [-0.4, -0.2) is 43.3 Å². The molecule has 2 rings (SSSR count). The van der Waals surface area contributed by atoms with Crippen molar-refractivity contribution < 1.29 is 19.1 Å². The van der Waals surface area contributed by atoms with Crippen LogP contribution in [-0.2, 0) is 14.3 Å². The molecule has 0 aromatic carbocycles. The molecule has 1 saturated heterocycles. The summed E-state index contributed by atoms with van der Waals surface area (Å²) in [7, 11) is 1.43. The number of carbonyl (C=O) groups is 2. The minimum atomic E-state index is -0.197. The molecule has 96 valence electrons. The molecule has 0 bridgehead atoms. The molecule has 2 aliphatic rings. The van der Waals surface area contributed by atoms with Crippen LogP contribution in [0.15, 0.2) is 0 Å². The number of rotatable bonds is 2. The van der Waals surface area contributed by atoms with Crippen LogP contribution in [0.5, 0.6) is 0 Å². The first-order valence-corrected chi connectivity index (χ1v) is 6.23. The average molecular weight is 241 g/mol. The van der Waals surface area contributed by atoms with Gasteiger partial charge in [-0.05, 0) is 32.1 Å². The van der Waals surface area contributed by atoms with Crippen LogP contribution in [0.4, 0.5) is 4.79 Å². The van der Waals surface area contributed by atoms with E-state index in [1.165, 1.54) is 7.11 Å². The fourth-order valence-electron chi connectivity index (χ4n) is 2.69. The van der Waals surface area contributed by atoms with Gasteiger partial charge >= 0.3 is 12.1 Å². The van der Waals surface area contributed by atoms with E-state index >= 15 is 0 Å². The highest BCUT2D eigenvalue weighted by Gasteiger charge is 2.33. The number of methoxy groups -OCH3 is 1. The van der Waals surface area contributed by atoms with Crippen LogP contribution in [0.25, 0.3) is 0 Å². The Morgan fingerprint density at radius 3 is 2.65 bits per heavy atom. The maximum atomic E-state index is 11.6. The van der Waals surface area contributed by atoms with E-state index in [1.807, 2.05) is 4.90 Å². The molecule has 0 aromatic rings. The normalized spacial score (nSPS) is 29.7. The van der Waals surface area contributed by atoms with E-state index in [4.69, 9.17) is 9.47 Å². The van der Waals surface area contributed by atoms with Gasteiger partial charge in [-0.1, -0.05) is 0 Å². The predicted molar refractivity (Wildman–Crippen MR) is 60.4 cm³/mol. The Bertz CT molecular complexity index is 297. The van der Waals surface area contributed by atoms with Crippen LogP contribution in [0, 0.1) is 5.92 Å². The third-order valence-corrected chi connectivity index (χ3v) is 3.68. The molecular formula is C12H19NO4. The molecule has 2 fully saturated rings. The van der Waals surface area contributed by atoms with Gasteiger partial charge in [-0.3, -0.25) is 4.79 Å². The van der Waals surface area contributed by atoms with E-state index in [9.17, 15) is 9.59 Å². The maximum absolute atomic E-state index is 11.6. The predicted octanol–water partition coefficient (Wildman–Crippen LogP) is 1.56. The maximum Gasteiger partial charge on any atom is 0.410 e. The Morgan fingerprint density at radius 2 is 2.06 bits per heavy atom. The number of nitrogens with zero attached hydrogens (tertiary/aromatic N) is 1. The molecule has 5 heteroatoms. The summed E-state index contributed by atoms with van der Waals surface area (Å²) in [5.74, 6) is -0.110. The van der Waals surface area contributed by atoms with Crippen LogP contribution in [0.3, 0.4) is 0 Å². The number of hydrogen-bond acceptors (Lipinski definition) is 4. The molecule has 0 radical (unpaired) electrons. The van der Waals surface area contributed by atoms with Crippen molar-refractivity contribution in [2.45, 2.75) is 38.1 Å². The first kappa shape index (κ1) is 12.2. The second-order valence-electron chi connectivity index (χ2n) is 4.69. The molecule has 1 heterocycles. The van der Waals surface area contributed by atoms with Gasteiger partial charge < -0.3 is 14.4 Å². The lowest BCUT2D eigenvalue weighted by molar-refractivity contribution is -0.146. The van der Waals surface area contributed by atoms with Crippen LogP contribution >= 0.6 is 0 Å². The monoisotopic (exact) mass is 241 g/mol. The Labute approximate surface area is 101 Å². The summed E-state index contributed by atoms with van der Waals surface area (Å²) in [4.78, 5) is 24.8. The van der Waals surface area contributed by atoms with E-state index in [0.29, 0.717) is 6.61 Å². The largest absolute Gasteiger partial charge is 0.469 e. The third-order valence-electron chi connectivity index (χ3n) is 3.68. The van der Waals surface area contributed by atoms with Gasteiger partial charge in [0.25, 0.3) is 0 Å². The zero-order valence-corrected chi connectivity index (χ0v) is 10.2. The molecule has 1 aliphatic carbocycles. The SMILES string of the molecule is COC(=O)C1CCC(N2CCCOC2=O)CC1. The standard InChI is InChI=1S/C12H19NO4/c1-16-11(14)9-3-5-10(6-4-9)13-7-2-8-17-12(13)15/h9-10H,2-8H2,1H3. The number of cyclic esters (lactones) is 1. The van der Waals surface area contributed by atoms with Crippen molar-refractivity contribution in [1.29, 1.82) is 0 Å². The molecule has 5 nitrogen and oxygen atoms in total. The Hall–Kier alpha value is -1.26. The number of esters is 1. The van der Waals surface area contributed by atoms with E-state index in [0.717, 1.165) is 38.6 Å². The average Bonchev–Trinajstić information content (AvgIpc) is 2.39. The Balaban J connectivity index is 1.86.